The van der Waals surface area contributed by atoms with Crippen molar-refractivity contribution >= 4 is 16.9 Å². The van der Waals surface area contributed by atoms with Gasteiger partial charge in [0.05, 0.1) is 7.11 Å². The number of aryl methyl sites for hydroxylation is 1. The van der Waals surface area contributed by atoms with Crippen LogP contribution in [0.3, 0.4) is 0 Å². The minimum Gasteiger partial charge on any atom is -0.493 e. The molecule has 3 rings (SSSR count). The van der Waals surface area contributed by atoms with Gasteiger partial charge in [-0.2, -0.15) is 0 Å². The van der Waals surface area contributed by atoms with Crippen molar-refractivity contribution in [2.75, 3.05) is 7.11 Å². The van der Waals surface area contributed by atoms with Crippen molar-refractivity contribution in [2.24, 2.45) is 0 Å². The van der Waals surface area contributed by atoms with Crippen LogP contribution in [-0.2, 0) is 9.53 Å². The van der Waals surface area contributed by atoms with E-state index in [1.165, 1.54) is 19.2 Å². The lowest BCUT2D eigenvalue weighted by Crippen LogP contribution is -2.61. The number of hydrogen-bond donors (Lipinski definition) is 4. The average Bonchev–Trinajstić information content (AvgIpc) is 2.61. The number of carboxylic acids is 1. The lowest BCUT2D eigenvalue weighted by molar-refractivity contribution is -0.271. The molecule has 0 amide bonds. The summed E-state index contributed by atoms with van der Waals surface area (Å²) in [6.45, 7) is 1.68. The van der Waals surface area contributed by atoms with Gasteiger partial charge in [0.2, 0.25) is 12.0 Å². The molecule has 10 nitrogen and oxygen atoms in total. The van der Waals surface area contributed by atoms with Gasteiger partial charge in [-0.05, 0) is 24.6 Å². The lowest BCUT2D eigenvalue weighted by Gasteiger charge is -2.38. The molecule has 0 saturated carbocycles. The van der Waals surface area contributed by atoms with Crippen LogP contribution in [0.15, 0.2) is 27.4 Å². The monoisotopic (exact) mass is 382 g/mol. The highest BCUT2D eigenvalue weighted by Crippen LogP contribution is 2.38. The van der Waals surface area contributed by atoms with E-state index in [2.05, 4.69) is 0 Å². The summed E-state index contributed by atoms with van der Waals surface area (Å²) in [7, 11) is 1.33. The topological polar surface area (TPSA) is 156 Å². The Labute approximate surface area is 152 Å². The van der Waals surface area contributed by atoms with Crippen LogP contribution in [-0.4, -0.2) is 64.2 Å². The van der Waals surface area contributed by atoms with Crippen molar-refractivity contribution in [1.82, 2.24) is 0 Å². The van der Waals surface area contributed by atoms with Crippen LogP contribution in [0, 0.1) is 6.92 Å². The van der Waals surface area contributed by atoms with Gasteiger partial charge in [0, 0.05) is 11.5 Å². The molecule has 10 heteroatoms. The van der Waals surface area contributed by atoms with E-state index in [1.54, 1.807) is 13.0 Å². The van der Waals surface area contributed by atoms with Crippen LogP contribution < -0.4 is 15.1 Å². The molecule has 1 fully saturated rings. The second kappa shape index (κ2) is 7.16. The van der Waals surface area contributed by atoms with E-state index >= 15 is 0 Å². The molecule has 0 radical (unpaired) electrons. The first-order chi connectivity index (χ1) is 12.7. The highest BCUT2D eigenvalue weighted by atomic mass is 16.7. The molecule has 1 aliphatic rings. The number of carbonyl (C=O) groups is 1. The third-order valence-corrected chi connectivity index (χ3v) is 4.30. The van der Waals surface area contributed by atoms with E-state index in [1.807, 2.05) is 0 Å². The summed E-state index contributed by atoms with van der Waals surface area (Å²) in [6.07, 6.45) is -8.96. The lowest BCUT2D eigenvalue weighted by atomic mass is 9.99. The van der Waals surface area contributed by atoms with E-state index in [0.29, 0.717) is 10.9 Å². The fourth-order valence-corrected chi connectivity index (χ4v) is 2.88. The van der Waals surface area contributed by atoms with Crippen LogP contribution in [0.5, 0.6) is 11.5 Å². The highest BCUT2D eigenvalue weighted by Gasteiger charge is 2.48. The summed E-state index contributed by atoms with van der Waals surface area (Å²) in [5, 5.41) is 39.4. The average molecular weight is 382 g/mol. The van der Waals surface area contributed by atoms with Gasteiger partial charge >= 0.3 is 11.6 Å². The summed E-state index contributed by atoms with van der Waals surface area (Å²) >= 11 is 0. The molecule has 1 aromatic carbocycles. The molecule has 0 spiro atoms. The number of aliphatic hydroxyl groups is 3. The minimum absolute atomic E-state index is 0.00244. The van der Waals surface area contributed by atoms with Crippen molar-refractivity contribution in [3.8, 4) is 11.5 Å². The maximum atomic E-state index is 11.8. The zero-order valence-corrected chi connectivity index (χ0v) is 14.4. The Bertz CT molecular complexity index is 920. The molecule has 4 N–H and O–H groups in total. The maximum Gasteiger partial charge on any atom is 0.336 e. The Balaban J connectivity index is 2.07. The Morgan fingerprint density at radius 3 is 2.48 bits per heavy atom. The van der Waals surface area contributed by atoms with Gasteiger partial charge in [0.1, 0.15) is 18.3 Å². The van der Waals surface area contributed by atoms with Gasteiger partial charge in [-0.1, -0.05) is 0 Å². The summed E-state index contributed by atoms with van der Waals surface area (Å²) in [6, 6.07) is 4.45. The third-order valence-electron chi connectivity index (χ3n) is 4.30. The van der Waals surface area contributed by atoms with Gasteiger partial charge in [-0.3, -0.25) is 0 Å². The number of aliphatic carboxylic acids is 1. The number of methoxy groups -OCH3 is 1. The molecule has 2 heterocycles. The zero-order chi connectivity index (χ0) is 19.9. The predicted molar refractivity (Wildman–Crippen MR) is 88.7 cm³/mol. The van der Waals surface area contributed by atoms with Crippen molar-refractivity contribution in [3.05, 3.63) is 34.2 Å². The van der Waals surface area contributed by atoms with Gasteiger partial charge in [-0.15, -0.1) is 0 Å². The van der Waals surface area contributed by atoms with Crippen molar-refractivity contribution in [3.63, 3.8) is 0 Å². The molecule has 0 bridgehead atoms. The molecule has 146 valence electrons. The van der Waals surface area contributed by atoms with Crippen LogP contribution in [0.25, 0.3) is 11.0 Å². The van der Waals surface area contributed by atoms with Gasteiger partial charge < -0.3 is 39.1 Å². The first kappa shape index (κ1) is 19.1. The van der Waals surface area contributed by atoms with Crippen LogP contribution in [0.2, 0.25) is 0 Å². The van der Waals surface area contributed by atoms with E-state index in [4.69, 9.17) is 23.7 Å². The number of hydrogen-bond acceptors (Lipinski definition) is 9. The van der Waals surface area contributed by atoms with E-state index in [-0.39, 0.29) is 17.1 Å². The smallest absolute Gasteiger partial charge is 0.336 e. The van der Waals surface area contributed by atoms with Crippen molar-refractivity contribution < 1.29 is 43.8 Å². The summed E-state index contributed by atoms with van der Waals surface area (Å²) in [4.78, 5) is 23.0. The predicted octanol–water partition coefficient (Wildman–Crippen LogP) is -0.619. The minimum atomic E-state index is -1.85. The number of aliphatic hydroxyl groups excluding tert-OH is 3. The number of fused-ring (bicyclic) bond motifs is 1. The van der Waals surface area contributed by atoms with Gasteiger partial charge in [0.15, 0.2) is 17.4 Å². The van der Waals surface area contributed by atoms with Crippen LogP contribution >= 0.6 is 0 Å². The second-order valence-corrected chi connectivity index (χ2v) is 6.08. The Morgan fingerprint density at radius 1 is 1.15 bits per heavy atom. The molecular formula is C17H18O10. The number of rotatable bonds is 4. The Morgan fingerprint density at radius 2 is 1.85 bits per heavy atom. The molecule has 5 atom stereocenters. The fraction of sp³-hybridized carbons (Fsp3) is 0.412. The maximum absolute atomic E-state index is 11.8. The normalized spacial score (nSPS) is 28.1. The summed E-state index contributed by atoms with van der Waals surface area (Å²) < 4.78 is 21.0. The quantitative estimate of drug-likeness (QED) is 0.503. The highest BCUT2D eigenvalue weighted by molar-refractivity contribution is 5.87. The number of ether oxygens (including phenoxy) is 3. The molecule has 1 saturated heterocycles. The largest absolute Gasteiger partial charge is 0.493 e. The van der Waals surface area contributed by atoms with Crippen LogP contribution in [0.4, 0.5) is 0 Å². The standard InChI is InChI=1S/C17H18O10/c1-6-5-9(18)25-13-7(6)3-4-8(24-2)14(13)26-17-12(21)10(19)11(20)15(27-17)16(22)23/h3-5,10-12,15,17,19-21H,1-2H3,(H,22,23)/t10-,11-,12+,15-,17+/m0/s1. The molecular weight excluding hydrogens is 364 g/mol. The summed E-state index contributed by atoms with van der Waals surface area (Å²) in [5.74, 6) is -1.54. The zero-order valence-electron chi connectivity index (χ0n) is 14.4. The molecule has 27 heavy (non-hydrogen) atoms. The first-order valence-electron chi connectivity index (χ1n) is 7.95. The van der Waals surface area contributed by atoms with E-state index in [9.17, 15) is 24.9 Å². The van der Waals surface area contributed by atoms with Gasteiger partial charge in [0.25, 0.3) is 0 Å². The van der Waals surface area contributed by atoms with Crippen molar-refractivity contribution in [2.45, 2.75) is 37.6 Å². The fourth-order valence-electron chi connectivity index (χ4n) is 2.88. The Kier molecular flexibility index (Phi) is 5.07. The molecule has 0 unspecified atom stereocenters. The SMILES string of the molecule is COc1ccc2c(C)cc(=O)oc2c1O[C@@H]1O[C@H](C(=O)O)[C@@H](O)[C@H](O)[C@H]1O. The Hall–Kier alpha value is -2.66. The first-order valence-corrected chi connectivity index (χ1v) is 7.95. The number of carboxylic acid groups (broad SMARTS) is 1. The van der Waals surface area contributed by atoms with Crippen LogP contribution in [0.1, 0.15) is 5.56 Å². The third kappa shape index (κ3) is 3.35. The molecule has 0 aliphatic carbocycles. The molecule has 1 aliphatic heterocycles. The van der Waals surface area contributed by atoms with E-state index in [0.717, 1.165) is 0 Å². The summed E-state index contributed by atoms with van der Waals surface area (Å²) in [5.41, 5.74) is -0.0533. The molecule has 2 aromatic rings. The number of benzene rings is 1. The second-order valence-electron chi connectivity index (χ2n) is 6.08. The van der Waals surface area contributed by atoms with Gasteiger partial charge in [-0.25, -0.2) is 9.59 Å². The van der Waals surface area contributed by atoms with Crippen molar-refractivity contribution in [1.29, 1.82) is 0 Å². The molecule has 1 aromatic heterocycles. The van der Waals surface area contributed by atoms with E-state index < -0.39 is 42.3 Å².